The van der Waals surface area contributed by atoms with E-state index in [9.17, 15) is 10.1 Å². The molecule has 2 rings (SSSR count). The van der Waals surface area contributed by atoms with Crippen molar-refractivity contribution in [2.24, 2.45) is 0 Å². The third-order valence-corrected chi connectivity index (χ3v) is 3.27. The number of rotatable bonds is 4. The molecule has 2 atom stereocenters. The van der Waals surface area contributed by atoms with E-state index >= 15 is 0 Å². The molecule has 1 N–H and O–H groups in total. The number of nitrogens with one attached hydrogen (secondary N) is 1. The number of nitrogens with zero attached hydrogens (tertiary/aromatic N) is 2. The number of pyridine rings is 1. The summed E-state index contributed by atoms with van der Waals surface area (Å²) in [4.78, 5) is 14.7. The van der Waals surface area contributed by atoms with Gasteiger partial charge >= 0.3 is 5.69 Å². The second-order valence-electron chi connectivity index (χ2n) is 4.59. The van der Waals surface area contributed by atoms with Gasteiger partial charge in [0, 0.05) is 24.9 Å². The largest absolute Gasteiger partial charge is 0.381 e. The minimum Gasteiger partial charge on any atom is -0.381 e. The summed E-state index contributed by atoms with van der Waals surface area (Å²) in [6, 6.07) is 3.34. The SMILES string of the molecule is COC1CCC(Nc2nc(C)ccc2[N+](=O)[O-])C1. The molecule has 1 aliphatic carbocycles. The van der Waals surface area contributed by atoms with Crippen molar-refractivity contribution in [2.75, 3.05) is 12.4 Å². The number of nitro groups is 1. The van der Waals surface area contributed by atoms with Crippen LogP contribution in [0.2, 0.25) is 0 Å². The summed E-state index contributed by atoms with van der Waals surface area (Å²) in [7, 11) is 1.69. The Morgan fingerprint density at radius 3 is 2.89 bits per heavy atom. The topological polar surface area (TPSA) is 77.3 Å². The number of hydrogen-bond acceptors (Lipinski definition) is 5. The third-order valence-electron chi connectivity index (χ3n) is 3.27. The minimum absolute atomic E-state index is 0.0291. The fraction of sp³-hybridized carbons (Fsp3) is 0.583. The number of aromatic nitrogens is 1. The van der Waals surface area contributed by atoms with Gasteiger partial charge in [0.15, 0.2) is 0 Å². The van der Waals surface area contributed by atoms with Gasteiger partial charge in [-0.15, -0.1) is 0 Å². The molecule has 0 spiro atoms. The molecule has 98 valence electrons. The van der Waals surface area contributed by atoms with Crippen molar-refractivity contribution in [3.05, 3.63) is 27.9 Å². The lowest BCUT2D eigenvalue weighted by Crippen LogP contribution is -2.19. The van der Waals surface area contributed by atoms with E-state index in [1.54, 1.807) is 13.2 Å². The molecular weight excluding hydrogens is 234 g/mol. The number of ether oxygens (including phenoxy) is 1. The molecule has 6 heteroatoms. The summed E-state index contributed by atoms with van der Waals surface area (Å²) in [5.74, 6) is 0.363. The summed E-state index contributed by atoms with van der Waals surface area (Å²) < 4.78 is 5.29. The molecule has 0 amide bonds. The zero-order chi connectivity index (χ0) is 13.1. The highest BCUT2D eigenvalue weighted by Crippen LogP contribution is 2.28. The van der Waals surface area contributed by atoms with Gasteiger partial charge in [-0.3, -0.25) is 10.1 Å². The van der Waals surface area contributed by atoms with Crippen LogP contribution in [-0.2, 0) is 4.74 Å². The minimum atomic E-state index is -0.405. The number of methoxy groups -OCH3 is 1. The molecule has 6 nitrogen and oxygen atoms in total. The van der Waals surface area contributed by atoms with E-state index in [1.807, 2.05) is 6.92 Å². The van der Waals surface area contributed by atoms with Crippen LogP contribution in [0.1, 0.15) is 25.0 Å². The Labute approximate surface area is 106 Å². The first kappa shape index (κ1) is 12.8. The normalized spacial score (nSPS) is 23.0. The zero-order valence-corrected chi connectivity index (χ0v) is 10.5. The molecule has 1 heterocycles. The lowest BCUT2D eigenvalue weighted by atomic mass is 10.2. The van der Waals surface area contributed by atoms with Gasteiger partial charge in [0.2, 0.25) is 5.82 Å². The lowest BCUT2D eigenvalue weighted by Gasteiger charge is -2.13. The second-order valence-corrected chi connectivity index (χ2v) is 4.59. The highest BCUT2D eigenvalue weighted by molar-refractivity contribution is 5.56. The van der Waals surface area contributed by atoms with E-state index in [2.05, 4.69) is 10.3 Å². The predicted octanol–water partition coefficient (Wildman–Crippen LogP) is 2.28. The van der Waals surface area contributed by atoms with Crippen molar-refractivity contribution in [2.45, 2.75) is 38.3 Å². The second kappa shape index (κ2) is 5.30. The van der Waals surface area contributed by atoms with E-state index < -0.39 is 4.92 Å². The van der Waals surface area contributed by atoms with Crippen LogP contribution in [-0.4, -0.2) is 29.2 Å². The summed E-state index contributed by atoms with van der Waals surface area (Å²) in [6.45, 7) is 1.82. The average Bonchev–Trinajstić information content (AvgIpc) is 2.76. The van der Waals surface area contributed by atoms with E-state index in [4.69, 9.17) is 4.74 Å². The van der Waals surface area contributed by atoms with E-state index in [1.165, 1.54) is 6.07 Å². The summed E-state index contributed by atoms with van der Waals surface area (Å²) in [5.41, 5.74) is 0.797. The van der Waals surface area contributed by atoms with Crippen LogP contribution in [0, 0.1) is 17.0 Å². The monoisotopic (exact) mass is 251 g/mol. The van der Waals surface area contributed by atoms with Gasteiger partial charge in [-0.1, -0.05) is 0 Å². The zero-order valence-electron chi connectivity index (χ0n) is 10.5. The number of aryl methyl sites for hydroxylation is 1. The first-order valence-corrected chi connectivity index (χ1v) is 6.01. The van der Waals surface area contributed by atoms with Crippen molar-refractivity contribution >= 4 is 11.5 Å². The fourth-order valence-electron chi connectivity index (χ4n) is 2.28. The van der Waals surface area contributed by atoms with Crippen molar-refractivity contribution in [1.29, 1.82) is 0 Å². The Hall–Kier alpha value is -1.69. The first-order valence-electron chi connectivity index (χ1n) is 6.01. The predicted molar refractivity (Wildman–Crippen MR) is 67.7 cm³/mol. The van der Waals surface area contributed by atoms with E-state index in [0.717, 1.165) is 25.0 Å². The highest BCUT2D eigenvalue weighted by Gasteiger charge is 2.26. The van der Waals surface area contributed by atoms with Gasteiger partial charge < -0.3 is 10.1 Å². The highest BCUT2D eigenvalue weighted by atomic mass is 16.6. The molecule has 0 aliphatic heterocycles. The number of hydrogen-bond donors (Lipinski definition) is 1. The van der Waals surface area contributed by atoms with E-state index in [0.29, 0.717) is 5.82 Å². The maximum atomic E-state index is 10.9. The fourth-order valence-corrected chi connectivity index (χ4v) is 2.28. The Kier molecular flexibility index (Phi) is 3.76. The van der Waals surface area contributed by atoms with Gasteiger partial charge in [0.1, 0.15) is 0 Å². The van der Waals surface area contributed by atoms with Crippen LogP contribution in [0.25, 0.3) is 0 Å². The molecule has 1 aromatic heterocycles. The molecule has 2 unspecified atom stereocenters. The Bertz CT molecular complexity index is 450. The molecule has 1 aliphatic rings. The van der Waals surface area contributed by atoms with Gasteiger partial charge in [-0.2, -0.15) is 0 Å². The van der Waals surface area contributed by atoms with Crippen LogP contribution >= 0.6 is 0 Å². The molecule has 1 saturated carbocycles. The lowest BCUT2D eigenvalue weighted by molar-refractivity contribution is -0.384. The average molecular weight is 251 g/mol. The van der Waals surface area contributed by atoms with E-state index in [-0.39, 0.29) is 17.8 Å². The van der Waals surface area contributed by atoms with Crippen LogP contribution in [0.15, 0.2) is 12.1 Å². The Morgan fingerprint density at radius 2 is 2.28 bits per heavy atom. The van der Waals surface area contributed by atoms with Crippen LogP contribution in [0.4, 0.5) is 11.5 Å². The molecule has 0 radical (unpaired) electrons. The maximum Gasteiger partial charge on any atom is 0.311 e. The molecule has 1 fully saturated rings. The quantitative estimate of drug-likeness (QED) is 0.656. The Balaban J connectivity index is 2.13. The van der Waals surface area contributed by atoms with Crippen LogP contribution in [0.3, 0.4) is 0 Å². The molecule has 18 heavy (non-hydrogen) atoms. The van der Waals surface area contributed by atoms with Crippen molar-refractivity contribution < 1.29 is 9.66 Å². The summed E-state index contributed by atoms with van der Waals surface area (Å²) >= 11 is 0. The van der Waals surface area contributed by atoms with Gasteiger partial charge in [-0.05, 0) is 32.3 Å². The van der Waals surface area contributed by atoms with Gasteiger partial charge in [0.25, 0.3) is 0 Å². The number of anilines is 1. The van der Waals surface area contributed by atoms with Gasteiger partial charge in [-0.25, -0.2) is 4.98 Å². The van der Waals surface area contributed by atoms with Crippen LogP contribution < -0.4 is 5.32 Å². The summed E-state index contributed by atoms with van der Waals surface area (Å²) in [5, 5.41) is 14.1. The van der Waals surface area contributed by atoms with Crippen molar-refractivity contribution in [3.8, 4) is 0 Å². The van der Waals surface area contributed by atoms with Crippen molar-refractivity contribution in [3.63, 3.8) is 0 Å². The molecule has 0 bridgehead atoms. The molecular formula is C12H17N3O3. The Morgan fingerprint density at radius 1 is 1.50 bits per heavy atom. The molecule has 0 saturated heterocycles. The van der Waals surface area contributed by atoms with Crippen LogP contribution in [0.5, 0.6) is 0 Å². The first-order chi connectivity index (χ1) is 8.60. The molecule has 0 aromatic carbocycles. The maximum absolute atomic E-state index is 10.9. The summed E-state index contributed by atoms with van der Waals surface area (Å²) in [6.07, 6.45) is 3.04. The smallest absolute Gasteiger partial charge is 0.311 e. The van der Waals surface area contributed by atoms with Crippen molar-refractivity contribution in [1.82, 2.24) is 4.98 Å². The standard InChI is InChI=1S/C12H17N3O3/c1-8-3-6-11(15(16)17)12(13-8)14-9-4-5-10(7-9)18-2/h3,6,9-10H,4-5,7H2,1-2H3,(H,13,14). The molecule has 1 aromatic rings. The third kappa shape index (κ3) is 2.76. The van der Waals surface area contributed by atoms with Gasteiger partial charge in [0.05, 0.1) is 11.0 Å².